The zero-order chi connectivity index (χ0) is 29.9. The maximum Gasteiger partial charge on any atom is 0.132 e. The van der Waals surface area contributed by atoms with E-state index in [1.165, 1.54) is 22.3 Å². The Morgan fingerprint density at radius 1 is 0.525 bits per heavy atom. The van der Waals surface area contributed by atoms with E-state index in [0.717, 1.165) is 28.7 Å². The van der Waals surface area contributed by atoms with E-state index in [0.29, 0.717) is 11.5 Å². The van der Waals surface area contributed by atoms with Crippen molar-refractivity contribution in [2.45, 2.75) is 61.2 Å². The molecule has 3 nitrogen and oxygen atoms in total. The molecule has 0 fully saturated rings. The van der Waals surface area contributed by atoms with Crippen molar-refractivity contribution in [3.63, 3.8) is 0 Å². The van der Waals surface area contributed by atoms with Gasteiger partial charge in [-0.25, -0.2) is 0 Å². The van der Waals surface area contributed by atoms with Crippen LogP contribution in [0.15, 0.2) is 110 Å². The van der Waals surface area contributed by atoms with Gasteiger partial charge >= 0.3 is 0 Å². The molecule has 0 amide bonds. The molecule has 0 unspecified atom stereocenters. The lowest BCUT2D eigenvalue weighted by molar-refractivity contribution is 0.271. The van der Waals surface area contributed by atoms with Crippen LogP contribution in [0.25, 0.3) is 11.1 Å². The largest absolute Gasteiger partial charge is 0.457 e. The van der Waals surface area contributed by atoms with E-state index < -0.39 is 0 Å². The summed E-state index contributed by atoms with van der Waals surface area (Å²) in [5, 5.41) is 18.4. The van der Waals surface area contributed by atoms with Crippen molar-refractivity contribution in [3.8, 4) is 11.5 Å². The number of rotatable bonds is 8. The van der Waals surface area contributed by atoms with Gasteiger partial charge in [-0.3, -0.25) is 0 Å². The highest BCUT2D eigenvalue weighted by atomic mass is 16.5. The molecule has 0 aromatic heterocycles. The van der Waals surface area contributed by atoms with E-state index in [1.54, 1.807) is 24.3 Å². The molecule has 0 aliphatic rings. The second kappa shape index (κ2) is 19.2. The third-order valence-electron chi connectivity index (χ3n) is 5.84. The van der Waals surface area contributed by atoms with E-state index >= 15 is 0 Å². The number of aliphatic hydroxyl groups excluding tert-OH is 2. The van der Waals surface area contributed by atoms with Crippen LogP contribution in [-0.2, 0) is 19.6 Å². The number of allylic oxidation sites excluding steroid dienone is 2. The van der Waals surface area contributed by atoms with Crippen LogP contribution in [0.4, 0.5) is 0 Å². The van der Waals surface area contributed by atoms with Gasteiger partial charge in [0.05, 0.1) is 13.2 Å². The molecule has 0 radical (unpaired) electrons. The van der Waals surface area contributed by atoms with Crippen LogP contribution >= 0.6 is 0 Å². The molecule has 4 aromatic rings. The molecule has 0 spiro atoms. The highest BCUT2D eigenvalue weighted by Crippen LogP contribution is 2.28. The first-order chi connectivity index (χ1) is 19.4. The Bertz CT molecular complexity index is 1220. The summed E-state index contributed by atoms with van der Waals surface area (Å²) >= 11 is 0. The van der Waals surface area contributed by atoms with Gasteiger partial charge in [0.1, 0.15) is 11.5 Å². The summed E-state index contributed by atoms with van der Waals surface area (Å²) in [6, 6.07) is 31.5. The van der Waals surface area contributed by atoms with Crippen molar-refractivity contribution in [3.05, 3.63) is 144 Å². The summed E-state index contributed by atoms with van der Waals surface area (Å²) in [7, 11) is 0. The van der Waals surface area contributed by atoms with E-state index in [2.05, 4.69) is 75.5 Å². The van der Waals surface area contributed by atoms with Gasteiger partial charge in [0, 0.05) is 11.1 Å². The summed E-state index contributed by atoms with van der Waals surface area (Å²) < 4.78 is 5.70. The average Bonchev–Trinajstić information content (AvgIpc) is 3.00. The summed E-state index contributed by atoms with van der Waals surface area (Å²) in [6.07, 6.45) is 0.923. The van der Waals surface area contributed by atoms with E-state index in [-0.39, 0.29) is 13.2 Å². The maximum atomic E-state index is 9.19. The van der Waals surface area contributed by atoms with Crippen LogP contribution in [0.3, 0.4) is 0 Å². The van der Waals surface area contributed by atoms with Crippen LogP contribution in [0.1, 0.15) is 74.9 Å². The van der Waals surface area contributed by atoms with Crippen LogP contribution in [0.2, 0.25) is 0 Å². The van der Waals surface area contributed by atoms with Gasteiger partial charge in [-0.1, -0.05) is 137 Å². The molecular formula is C37H46O3. The quantitative estimate of drug-likeness (QED) is 0.235. The lowest BCUT2D eigenvalue weighted by atomic mass is 9.92. The van der Waals surface area contributed by atoms with Gasteiger partial charge in [-0.15, -0.1) is 0 Å². The molecule has 2 N–H and O–H groups in total. The Hall–Kier alpha value is -3.92. The molecule has 0 saturated carbocycles. The van der Waals surface area contributed by atoms with Crippen molar-refractivity contribution in [2.75, 3.05) is 0 Å². The van der Waals surface area contributed by atoms with Gasteiger partial charge in [0.25, 0.3) is 0 Å². The molecule has 4 aromatic carbocycles. The van der Waals surface area contributed by atoms with Gasteiger partial charge in [0.15, 0.2) is 0 Å². The van der Waals surface area contributed by atoms with Crippen LogP contribution in [-0.4, -0.2) is 10.2 Å². The van der Waals surface area contributed by atoms with Crippen molar-refractivity contribution in [1.82, 2.24) is 0 Å². The molecule has 212 valence electrons. The van der Waals surface area contributed by atoms with E-state index in [1.807, 2.05) is 52.0 Å². The first-order valence-electron chi connectivity index (χ1n) is 14.0. The second-order valence-electron chi connectivity index (χ2n) is 8.69. The fourth-order valence-electron chi connectivity index (χ4n) is 3.97. The number of para-hydroxylation sites is 2. The summed E-state index contributed by atoms with van der Waals surface area (Å²) in [5.74, 6) is 1.21. The SMILES string of the molecule is C=C(C)c1ccccc1Cc1ccccc1C(=C)C.CC.CC.OCc1ccccc1Oc1ccccc1CO. The van der Waals surface area contributed by atoms with Crippen molar-refractivity contribution in [1.29, 1.82) is 0 Å². The van der Waals surface area contributed by atoms with Gasteiger partial charge in [0.2, 0.25) is 0 Å². The first kappa shape index (κ1) is 34.1. The molecule has 0 atom stereocenters. The lowest BCUT2D eigenvalue weighted by Crippen LogP contribution is -1.96. The van der Waals surface area contributed by atoms with Crippen LogP contribution in [0.5, 0.6) is 11.5 Å². The number of benzene rings is 4. The van der Waals surface area contributed by atoms with Crippen molar-refractivity contribution < 1.29 is 14.9 Å². The van der Waals surface area contributed by atoms with Gasteiger partial charge in [-0.05, 0) is 54.7 Å². The standard InChI is InChI=1S/C19H20.C14H14O3.2C2H6/c1-14(2)18-11-7-5-9-16(18)13-17-10-6-8-12-19(17)15(3)4;15-9-11-5-1-3-7-13(11)17-14-8-4-2-6-12(14)10-16;2*1-2/h5-12H,1,3,13H2,2,4H3;1-8,15-16H,9-10H2;2*1-2H3. The topological polar surface area (TPSA) is 49.7 Å². The zero-order valence-corrected chi connectivity index (χ0v) is 25.1. The molecule has 4 rings (SSSR count). The highest BCUT2D eigenvalue weighted by molar-refractivity contribution is 5.68. The monoisotopic (exact) mass is 538 g/mol. The minimum Gasteiger partial charge on any atom is -0.457 e. The Morgan fingerprint density at radius 3 is 1.15 bits per heavy atom. The highest BCUT2D eigenvalue weighted by Gasteiger charge is 2.08. The average molecular weight is 539 g/mol. The molecule has 0 heterocycles. The maximum absolute atomic E-state index is 9.19. The first-order valence-corrected chi connectivity index (χ1v) is 14.0. The Morgan fingerprint density at radius 2 is 0.825 bits per heavy atom. The number of aliphatic hydroxyl groups is 2. The number of hydrogen-bond acceptors (Lipinski definition) is 3. The summed E-state index contributed by atoms with van der Waals surface area (Å²) in [4.78, 5) is 0. The second-order valence-corrected chi connectivity index (χ2v) is 8.69. The molecule has 0 aliphatic heterocycles. The molecule has 0 bridgehead atoms. The molecule has 3 heteroatoms. The molecular weight excluding hydrogens is 492 g/mol. The fraction of sp³-hybridized carbons (Fsp3) is 0.243. The predicted molar refractivity (Wildman–Crippen MR) is 173 cm³/mol. The summed E-state index contributed by atoms with van der Waals surface area (Å²) in [5.41, 5.74) is 8.82. The van der Waals surface area contributed by atoms with Crippen LogP contribution in [0, 0.1) is 0 Å². The van der Waals surface area contributed by atoms with Crippen molar-refractivity contribution in [2.24, 2.45) is 0 Å². The Balaban J connectivity index is 0.000000358. The van der Waals surface area contributed by atoms with Gasteiger partial charge < -0.3 is 14.9 Å². The molecule has 0 saturated heterocycles. The minimum atomic E-state index is -0.0720. The smallest absolute Gasteiger partial charge is 0.132 e. The third kappa shape index (κ3) is 10.3. The number of hydrogen-bond donors (Lipinski definition) is 2. The van der Waals surface area contributed by atoms with Crippen LogP contribution < -0.4 is 4.74 Å². The normalized spacial score (nSPS) is 9.50. The molecule has 40 heavy (non-hydrogen) atoms. The fourth-order valence-corrected chi connectivity index (χ4v) is 3.97. The predicted octanol–water partition coefficient (Wildman–Crippen LogP) is 9.86. The van der Waals surface area contributed by atoms with Crippen molar-refractivity contribution >= 4 is 11.1 Å². The summed E-state index contributed by atoms with van der Waals surface area (Å²) in [6.45, 7) is 20.1. The van der Waals surface area contributed by atoms with Gasteiger partial charge in [-0.2, -0.15) is 0 Å². The third-order valence-corrected chi connectivity index (χ3v) is 5.84. The molecule has 0 aliphatic carbocycles. The minimum absolute atomic E-state index is 0.0720. The van der Waals surface area contributed by atoms with E-state index in [9.17, 15) is 10.2 Å². The Labute approximate surface area is 242 Å². The zero-order valence-electron chi connectivity index (χ0n) is 25.1. The van der Waals surface area contributed by atoms with E-state index in [4.69, 9.17) is 4.74 Å². The Kier molecular flexibility index (Phi) is 16.4. The number of ether oxygens (including phenoxy) is 1. The lowest BCUT2D eigenvalue weighted by Gasteiger charge is -2.12.